The maximum atomic E-state index is 14.9. The number of ketones is 1. The fourth-order valence-corrected chi connectivity index (χ4v) is 16.0. The molecule has 5 rings (SSSR count). The van der Waals surface area contributed by atoms with Crippen LogP contribution < -0.4 is 64.6 Å². The summed E-state index contributed by atoms with van der Waals surface area (Å²) >= 11 is 0. The number of nitrogens with zero attached hydrogens (tertiary/aromatic N) is 1. The molecule has 0 spiro atoms. The van der Waals surface area contributed by atoms with Crippen LogP contribution in [0.25, 0.3) is 0 Å². The number of rotatable bonds is 9. The highest BCUT2D eigenvalue weighted by Gasteiger charge is 2.42. The van der Waals surface area contributed by atoms with Gasteiger partial charge < -0.3 is 90.0 Å². The Morgan fingerprint density at radius 1 is 0.629 bits per heavy atom. The number of amides is 12. The third-order valence-electron chi connectivity index (χ3n) is 13.9. The van der Waals surface area contributed by atoms with Gasteiger partial charge in [0.05, 0.1) is 37.1 Å². The van der Waals surface area contributed by atoms with Gasteiger partial charge in [-0.2, -0.15) is 0 Å². The summed E-state index contributed by atoms with van der Waals surface area (Å²) in [4.78, 5) is 209. The number of benzene rings is 1. The lowest BCUT2D eigenvalue weighted by molar-refractivity contribution is -0.143. The highest BCUT2D eigenvalue weighted by atomic mass is 33.1. The number of aliphatic hydroxyl groups excluding tert-OH is 1. The minimum atomic E-state index is -1.85. The van der Waals surface area contributed by atoms with Gasteiger partial charge in [-0.05, 0) is 57.2 Å². The lowest BCUT2D eigenvalue weighted by Gasteiger charge is -2.30. The smallest absolute Gasteiger partial charge is 0.327 e. The largest absolute Gasteiger partial charge is 0.508 e. The molecule has 1 aromatic rings. The summed E-state index contributed by atoms with van der Waals surface area (Å²) in [6.45, 7) is 1.33. The van der Waals surface area contributed by atoms with Crippen molar-refractivity contribution in [2.24, 2.45) is 17.4 Å². The molecule has 0 unspecified atom stereocenters. The summed E-state index contributed by atoms with van der Waals surface area (Å²) in [5.74, 6) is -20.5. The van der Waals surface area contributed by atoms with E-state index in [9.17, 15) is 92.3 Å². The van der Waals surface area contributed by atoms with Gasteiger partial charge in [0.1, 0.15) is 60.1 Å². The molecule has 490 valence electrons. The third-order valence-corrected chi connectivity index (χ3v) is 21.2. The maximum absolute atomic E-state index is 14.9. The predicted molar refractivity (Wildman–Crippen MR) is 328 cm³/mol. The minimum absolute atomic E-state index is 0.0212. The molecule has 89 heavy (non-hydrogen) atoms. The van der Waals surface area contributed by atoms with E-state index in [4.69, 9.17) is 11.5 Å². The Kier molecular flexibility index (Phi) is 29.2. The van der Waals surface area contributed by atoms with E-state index in [1.165, 1.54) is 31.2 Å². The van der Waals surface area contributed by atoms with E-state index < -0.39 is 217 Å². The van der Waals surface area contributed by atoms with E-state index in [1.54, 1.807) is 0 Å². The number of carboxylic acid groups (broad SMARTS) is 2. The number of hydrogen-bond acceptors (Lipinski definition) is 24. The molecule has 4 saturated heterocycles. The number of nitrogens with two attached hydrogens (primary N) is 2. The van der Waals surface area contributed by atoms with Gasteiger partial charge in [-0.25, -0.2) is 4.79 Å². The van der Waals surface area contributed by atoms with Gasteiger partial charge in [-0.3, -0.25) is 67.1 Å². The topological polar surface area (TPSA) is 513 Å². The number of primary amides is 1. The monoisotopic (exact) mass is 1360 g/mol. The normalized spacial score (nSPS) is 29.3. The third kappa shape index (κ3) is 23.2. The second-order valence-electron chi connectivity index (χ2n) is 20.8. The molecule has 12 amide bonds. The number of carboxylic acids is 2. The Hall–Kier alpha value is -6.71. The molecule has 18 N–H and O–H groups in total. The van der Waals surface area contributed by atoms with Gasteiger partial charge in [0, 0.05) is 53.9 Å². The molecule has 38 heteroatoms. The summed E-state index contributed by atoms with van der Waals surface area (Å²) in [5.41, 5.74) is 12.3. The van der Waals surface area contributed by atoms with E-state index in [2.05, 4.69) is 53.2 Å². The first-order valence-electron chi connectivity index (χ1n) is 27.6. The zero-order valence-corrected chi connectivity index (χ0v) is 52.8. The first-order chi connectivity index (χ1) is 42.1. The molecule has 0 aromatic heterocycles. The molecule has 0 radical (unpaired) electrons. The van der Waals surface area contributed by atoms with Crippen LogP contribution in [0.1, 0.15) is 57.9 Å². The molecule has 0 saturated carbocycles. The van der Waals surface area contributed by atoms with Gasteiger partial charge in [0.25, 0.3) is 0 Å². The van der Waals surface area contributed by atoms with Gasteiger partial charge >= 0.3 is 11.9 Å². The van der Waals surface area contributed by atoms with Gasteiger partial charge in [-0.15, -0.1) is 0 Å². The van der Waals surface area contributed by atoms with Crippen LogP contribution in [0.15, 0.2) is 24.3 Å². The van der Waals surface area contributed by atoms with E-state index in [0.29, 0.717) is 5.56 Å². The number of fused-ring (bicyclic) bond motifs is 20. The van der Waals surface area contributed by atoms with Crippen LogP contribution in [0.2, 0.25) is 0 Å². The summed E-state index contributed by atoms with van der Waals surface area (Å²) in [6.07, 6.45) is -4.76. The highest BCUT2D eigenvalue weighted by molar-refractivity contribution is 8.77. The van der Waals surface area contributed by atoms with E-state index >= 15 is 0 Å². The zero-order valence-electron chi connectivity index (χ0n) is 47.9. The second kappa shape index (κ2) is 35.6. The molecule has 1 aromatic carbocycles. The van der Waals surface area contributed by atoms with Crippen molar-refractivity contribution in [3.63, 3.8) is 0 Å². The van der Waals surface area contributed by atoms with E-state index in [1.807, 2.05) is 0 Å². The van der Waals surface area contributed by atoms with Crippen LogP contribution >= 0.6 is 64.8 Å². The van der Waals surface area contributed by atoms with Crippen LogP contribution in [0, 0.1) is 5.92 Å². The molecule has 4 aliphatic heterocycles. The van der Waals surface area contributed by atoms with E-state index in [0.717, 1.165) is 76.6 Å². The SMILES string of the molecule is C[C@@H]1NC(=O)[C@@H]2CCCN2C(=O)[C@H](CC(N)=O)NC(=O)[C@@H]2CSSC[C@H](N)C(=O)N[C@H]3CSSC[C@H](NC1=O)C(=O)N[C@@H]([C@@H](C)O)C(=O)NCC(=O)N[C@H](C(=O)O)CSSC[C@H](CC(=O)[C@H](Cc1ccc(O)cc1)NC(=O)[C@H](CCC(=O)O)NC3=O)C(=O)N2. The number of aromatic hydroxyl groups is 1. The first kappa shape index (κ1) is 73.0. The fourth-order valence-electron chi connectivity index (χ4n) is 8.92. The fraction of sp³-hybridized carbons (Fsp3) is 0.588. The number of phenols is 1. The van der Waals surface area contributed by atoms with Gasteiger partial charge in [0.2, 0.25) is 70.9 Å². The van der Waals surface area contributed by atoms with Gasteiger partial charge in [-0.1, -0.05) is 76.9 Å². The van der Waals surface area contributed by atoms with Crippen LogP contribution in [-0.2, 0) is 78.3 Å². The molecule has 4 bridgehead atoms. The Bertz CT molecular complexity index is 2830. The van der Waals surface area contributed by atoms with Crippen LogP contribution in [-0.4, -0.2) is 234 Å². The standard InChI is InChI=1S/C51H71N13O19S6/c1-22-41(72)60-33-20-88-87-19-32-45(76)57-28(9-10-39(70)71)44(75)58-29(12-24-5-7-26(66)8-6-24)36(67)13-25(16-84-89-21-34(51(82)83)56-38(69)15-54-49(80)40(23(2)65)63-47(33)78)42(73)61-31(18-86-85-17-27(52)43(74)62-32)46(77)59-30(14-37(53)68)50(81)64-11-3-4-35(64)48(79)55-22/h5-8,22-23,25,27-35,40,65-66H,3-4,9-21,52H2,1-2H3,(H2,53,68)(H,54,80)(H,55,79)(H,56,69)(H,57,76)(H,58,75)(H,59,77)(H,60,72)(H,61,73)(H,62,74)(H,63,78)(H,70,71)(H,82,83)/t22-,23+,25-,27-,28-,29-,30-,31-,32-,33-,34-,35-,40-/m0/s1. The molecular weight excluding hydrogens is 1290 g/mol. The van der Waals surface area contributed by atoms with Crippen molar-refractivity contribution in [3.8, 4) is 5.75 Å². The van der Waals surface area contributed by atoms with Gasteiger partial charge in [0.15, 0.2) is 5.78 Å². The first-order valence-corrected chi connectivity index (χ1v) is 35.1. The Labute approximate surface area is 532 Å². The Morgan fingerprint density at radius 3 is 1.78 bits per heavy atom. The summed E-state index contributed by atoms with van der Waals surface area (Å²) < 4.78 is 0. The lowest BCUT2D eigenvalue weighted by Crippen LogP contribution is -2.60. The number of Topliss-reactive ketones (excluding diaryl/α,β-unsaturated/α-hetero) is 1. The second-order valence-corrected chi connectivity index (χ2v) is 28.5. The van der Waals surface area contributed by atoms with Crippen LogP contribution in [0.3, 0.4) is 0 Å². The number of aliphatic carboxylic acids is 2. The highest BCUT2D eigenvalue weighted by Crippen LogP contribution is 2.29. The Morgan fingerprint density at radius 2 is 1.18 bits per heavy atom. The van der Waals surface area contributed by atoms with Crippen molar-refractivity contribution in [3.05, 3.63) is 29.8 Å². The van der Waals surface area contributed by atoms with Crippen LogP contribution in [0.5, 0.6) is 5.75 Å². The number of aliphatic hydroxyl groups is 1. The molecule has 4 heterocycles. The average Bonchev–Trinajstić information content (AvgIpc) is 2.60. The summed E-state index contributed by atoms with van der Waals surface area (Å²) in [7, 11) is 5.02. The van der Waals surface area contributed by atoms with Crippen molar-refractivity contribution in [1.82, 2.24) is 58.1 Å². The number of carbonyl (C=O) groups is 15. The predicted octanol–water partition coefficient (Wildman–Crippen LogP) is -5.28. The number of carbonyl (C=O) groups excluding carboxylic acids is 13. The Balaban J connectivity index is 1.75. The number of hydrogen-bond donors (Lipinski definition) is 16. The number of nitrogens with one attached hydrogen (secondary N) is 10. The van der Waals surface area contributed by atoms with Crippen molar-refractivity contribution in [1.29, 1.82) is 0 Å². The average molecular weight is 1360 g/mol. The summed E-state index contributed by atoms with van der Waals surface area (Å²) in [5, 5.41) is 65.1. The summed E-state index contributed by atoms with van der Waals surface area (Å²) in [6, 6.07) is -12.6. The molecule has 4 aliphatic rings. The van der Waals surface area contributed by atoms with E-state index in [-0.39, 0.29) is 48.8 Å². The molecule has 4 fully saturated rings. The van der Waals surface area contributed by atoms with Crippen LogP contribution in [0.4, 0.5) is 0 Å². The molecule has 0 aliphatic carbocycles. The van der Waals surface area contributed by atoms with Crippen molar-refractivity contribution in [2.75, 3.05) is 47.6 Å². The quantitative estimate of drug-likeness (QED) is 0.103. The van der Waals surface area contributed by atoms with Crippen molar-refractivity contribution >= 4 is 153 Å². The molecule has 32 nitrogen and oxygen atoms in total. The zero-order chi connectivity index (χ0) is 65.6. The number of phenolic OH excluding ortho intramolecular Hbond substituents is 1. The lowest BCUT2D eigenvalue weighted by atomic mass is 9.94. The molecule has 13 atom stereocenters. The van der Waals surface area contributed by atoms with Crippen molar-refractivity contribution < 1.29 is 92.3 Å². The minimum Gasteiger partial charge on any atom is -0.508 e. The maximum Gasteiger partial charge on any atom is 0.327 e. The van der Waals surface area contributed by atoms with Crippen molar-refractivity contribution in [2.45, 2.75) is 131 Å². The molecular formula is C51H71N13O19S6.